The van der Waals surface area contributed by atoms with Gasteiger partial charge < -0.3 is 10.3 Å². The first-order valence-corrected chi connectivity index (χ1v) is 5.67. The van der Waals surface area contributed by atoms with E-state index in [2.05, 4.69) is 25.4 Å². The molecule has 3 aromatic rings. The number of aromatic amines is 1. The Bertz CT molecular complexity index is 715. The Hall–Kier alpha value is -2.58. The molecule has 0 atom stereocenters. The minimum absolute atomic E-state index is 0.263. The third kappa shape index (κ3) is 2.29. The van der Waals surface area contributed by atoms with Crippen LogP contribution in [0.3, 0.4) is 0 Å². The molecule has 3 rings (SSSR count). The monoisotopic (exact) mass is 282 g/mol. The van der Waals surface area contributed by atoms with Gasteiger partial charge in [-0.05, 0) is 0 Å². The summed E-state index contributed by atoms with van der Waals surface area (Å²) in [4.78, 5) is 10.8. The van der Waals surface area contributed by atoms with E-state index < -0.39 is 11.9 Å². The molecule has 0 aliphatic heterocycles. The largest absolute Gasteiger partial charge is 0.435 e. The van der Waals surface area contributed by atoms with E-state index in [0.29, 0.717) is 12.4 Å². The molecule has 3 aromatic heterocycles. The summed E-state index contributed by atoms with van der Waals surface area (Å²) < 4.78 is 39.1. The number of nitrogens with zero attached hydrogens (tertiary/aromatic N) is 4. The Kier molecular flexibility index (Phi) is 2.81. The van der Waals surface area contributed by atoms with Crippen molar-refractivity contribution in [1.82, 2.24) is 24.6 Å². The molecule has 0 aliphatic carbocycles. The van der Waals surface area contributed by atoms with Crippen molar-refractivity contribution in [1.29, 1.82) is 0 Å². The Balaban J connectivity index is 1.92. The molecule has 0 bridgehead atoms. The van der Waals surface area contributed by atoms with E-state index in [-0.39, 0.29) is 5.52 Å². The fourth-order valence-corrected chi connectivity index (χ4v) is 1.76. The van der Waals surface area contributed by atoms with E-state index in [1.807, 2.05) is 0 Å². The van der Waals surface area contributed by atoms with Gasteiger partial charge in [0.15, 0.2) is 11.5 Å². The third-order valence-corrected chi connectivity index (χ3v) is 2.68. The first kappa shape index (κ1) is 12.5. The molecular weight excluding hydrogens is 273 g/mol. The lowest BCUT2D eigenvalue weighted by Crippen LogP contribution is -2.05. The molecule has 0 saturated carbocycles. The van der Waals surface area contributed by atoms with Crippen molar-refractivity contribution in [3.8, 4) is 0 Å². The first-order valence-electron chi connectivity index (χ1n) is 5.67. The first-order chi connectivity index (χ1) is 9.54. The summed E-state index contributed by atoms with van der Waals surface area (Å²) in [6.07, 6.45) is 1.41. The molecule has 0 saturated heterocycles. The lowest BCUT2D eigenvalue weighted by Gasteiger charge is -2.04. The molecule has 3 heterocycles. The predicted octanol–water partition coefficient (Wildman–Crippen LogP) is 2.08. The molecule has 0 aliphatic rings. The fraction of sp³-hybridized carbons (Fsp3) is 0.182. The number of halogens is 3. The maximum Gasteiger partial charge on any atom is 0.435 e. The van der Waals surface area contributed by atoms with Crippen LogP contribution in [-0.4, -0.2) is 24.6 Å². The molecule has 0 spiro atoms. The van der Waals surface area contributed by atoms with Crippen molar-refractivity contribution in [3.63, 3.8) is 0 Å². The SMILES string of the molecule is FC(F)(F)c1cc2c(NCc3cnc[nH]3)nccn2n1. The van der Waals surface area contributed by atoms with Crippen LogP contribution in [0.4, 0.5) is 19.0 Å². The summed E-state index contributed by atoms with van der Waals surface area (Å²) >= 11 is 0. The fourth-order valence-electron chi connectivity index (χ4n) is 1.76. The number of aromatic nitrogens is 5. The van der Waals surface area contributed by atoms with E-state index in [1.54, 1.807) is 6.20 Å². The molecule has 0 unspecified atom stereocenters. The maximum absolute atomic E-state index is 12.6. The van der Waals surface area contributed by atoms with Crippen LogP contribution < -0.4 is 5.32 Å². The average Bonchev–Trinajstić information content (AvgIpc) is 3.04. The van der Waals surface area contributed by atoms with Gasteiger partial charge >= 0.3 is 6.18 Å². The number of rotatable bonds is 3. The second kappa shape index (κ2) is 4.51. The number of fused-ring (bicyclic) bond motifs is 1. The minimum Gasteiger partial charge on any atom is -0.363 e. The maximum atomic E-state index is 12.6. The Labute approximate surface area is 110 Å². The van der Waals surface area contributed by atoms with Crippen molar-refractivity contribution in [3.05, 3.63) is 42.4 Å². The van der Waals surface area contributed by atoms with Gasteiger partial charge in [0.05, 0.1) is 18.6 Å². The second-order valence-electron chi connectivity index (χ2n) is 4.06. The highest BCUT2D eigenvalue weighted by Gasteiger charge is 2.34. The van der Waals surface area contributed by atoms with Crippen molar-refractivity contribution < 1.29 is 13.2 Å². The van der Waals surface area contributed by atoms with Crippen LogP contribution >= 0.6 is 0 Å². The summed E-state index contributed by atoms with van der Waals surface area (Å²) in [7, 11) is 0. The number of nitrogens with one attached hydrogen (secondary N) is 2. The zero-order valence-corrected chi connectivity index (χ0v) is 10.0. The number of alkyl halides is 3. The van der Waals surface area contributed by atoms with Crippen LogP contribution in [0.15, 0.2) is 31.0 Å². The normalized spacial score (nSPS) is 11.9. The minimum atomic E-state index is -4.48. The highest BCUT2D eigenvalue weighted by atomic mass is 19.4. The summed E-state index contributed by atoms with van der Waals surface area (Å²) in [6.45, 7) is 0.374. The van der Waals surface area contributed by atoms with Crippen molar-refractivity contribution in [2.24, 2.45) is 0 Å². The standard InChI is InChI=1S/C11H9F3N6/c12-11(13,14)9-3-8-10(16-1-2-20(8)19-9)17-5-7-4-15-6-18-7/h1-4,6H,5H2,(H,15,18)(H,16,17). The van der Waals surface area contributed by atoms with Crippen LogP contribution in [0, 0.1) is 0 Å². The highest BCUT2D eigenvalue weighted by molar-refractivity contribution is 5.67. The molecule has 0 fully saturated rings. The zero-order chi connectivity index (χ0) is 14.2. The van der Waals surface area contributed by atoms with E-state index in [0.717, 1.165) is 16.3 Å². The molecule has 0 amide bonds. The quantitative estimate of drug-likeness (QED) is 0.771. The molecule has 0 aromatic carbocycles. The summed E-state index contributed by atoms with van der Waals surface area (Å²) in [6, 6.07) is 0.961. The average molecular weight is 282 g/mol. The predicted molar refractivity (Wildman–Crippen MR) is 63.9 cm³/mol. The molecular formula is C11H9F3N6. The van der Waals surface area contributed by atoms with Crippen LogP contribution in [0.5, 0.6) is 0 Å². The van der Waals surface area contributed by atoms with Crippen molar-refractivity contribution in [2.45, 2.75) is 12.7 Å². The van der Waals surface area contributed by atoms with Gasteiger partial charge in [-0.3, -0.25) is 0 Å². The lowest BCUT2D eigenvalue weighted by atomic mass is 10.3. The van der Waals surface area contributed by atoms with Crippen LogP contribution in [0.25, 0.3) is 5.52 Å². The van der Waals surface area contributed by atoms with Crippen LogP contribution in [0.1, 0.15) is 11.4 Å². The van der Waals surface area contributed by atoms with Gasteiger partial charge in [-0.25, -0.2) is 14.5 Å². The Morgan fingerprint density at radius 3 is 2.90 bits per heavy atom. The van der Waals surface area contributed by atoms with Gasteiger partial charge in [0.1, 0.15) is 5.52 Å². The molecule has 20 heavy (non-hydrogen) atoms. The van der Waals surface area contributed by atoms with Gasteiger partial charge in [-0.1, -0.05) is 0 Å². The number of hydrogen-bond donors (Lipinski definition) is 2. The van der Waals surface area contributed by atoms with Gasteiger partial charge in [0.25, 0.3) is 0 Å². The van der Waals surface area contributed by atoms with Gasteiger partial charge in [0.2, 0.25) is 0 Å². The van der Waals surface area contributed by atoms with Gasteiger partial charge in [-0.15, -0.1) is 0 Å². The van der Waals surface area contributed by atoms with Gasteiger partial charge in [-0.2, -0.15) is 18.3 Å². The lowest BCUT2D eigenvalue weighted by molar-refractivity contribution is -0.141. The van der Waals surface area contributed by atoms with Crippen molar-refractivity contribution >= 4 is 11.3 Å². The number of anilines is 1. The van der Waals surface area contributed by atoms with Crippen LogP contribution in [0.2, 0.25) is 0 Å². The Morgan fingerprint density at radius 2 is 2.20 bits per heavy atom. The smallest absolute Gasteiger partial charge is 0.363 e. The number of H-pyrrole nitrogens is 1. The second-order valence-corrected chi connectivity index (χ2v) is 4.06. The van der Waals surface area contributed by atoms with Gasteiger partial charge in [0, 0.05) is 24.7 Å². The molecule has 104 valence electrons. The summed E-state index contributed by atoms with van der Waals surface area (Å²) in [5.74, 6) is 0.324. The molecule has 0 radical (unpaired) electrons. The van der Waals surface area contributed by atoms with Crippen LogP contribution in [-0.2, 0) is 12.7 Å². The third-order valence-electron chi connectivity index (χ3n) is 2.68. The van der Waals surface area contributed by atoms with E-state index in [9.17, 15) is 13.2 Å². The van der Waals surface area contributed by atoms with E-state index in [4.69, 9.17) is 0 Å². The van der Waals surface area contributed by atoms with Crippen molar-refractivity contribution in [2.75, 3.05) is 5.32 Å². The molecule has 2 N–H and O–H groups in total. The van der Waals surface area contributed by atoms with E-state index in [1.165, 1.54) is 18.7 Å². The van der Waals surface area contributed by atoms with E-state index >= 15 is 0 Å². The zero-order valence-electron chi connectivity index (χ0n) is 10.0. The molecule has 6 nitrogen and oxygen atoms in total. The molecule has 9 heteroatoms. The number of imidazole rings is 1. The Morgan fingerprint density at radius 1 is 1.35 bits per heavy atom. The number of hydrogen-bond acceptors (Lipinski definition) is 4. The summed E-state index contributed by atoms with van der Waals surface area (Å²) in [5.41, 5.74) is 0.110. The summed E-state index contributed by atoms with van der Waals surface area (Å²) in [5, 5.41) is 6.43. The topological polar surface area (TPSA) is 70.9 Å². The highest BCUT2D eigenvalue weighted by Crippen LogP contribution is 2.30.